The van der Waals surface area contributed by atoms with Crippen LogP contribution in [0.3, 0.4) is 0 Å². The fourth-order valence-corrected chi connectivity index (χ4v) is 1.70. The highest BCUT2D eigenvalue weighted by molar-refractivity contribution is 5.80. The zero-order valence-corrected chi connectivity index (χ0v) is 11.6. The van der Waals surface area contributed by atoms with Gasteiger partial charge in [0.25, 0.3) is 0 Å². The Hall–Kier alpha value is -1.35. The molecule has 1 rings (SSSR count). The first-order valence-electron chi connectivity index (χ1n) is 6.28. The van der Waals surface area contributed by atoms with Crippen molar-refractivity contribution in [2.24, 2.45) is 5.92 Å². The van der Waals surface area contributed by atoms with Crippen LogP contribution in [0.1, 0.15) is 32.8 Å². The molecule has 0 aliphatic carbocycles. The fourth-order valence-electron chi connectivity index (χ4n) is 1.70. The second-order valence-electron chi connectivity index (χ2n) is 4.89. The number of carbonyl (C=O) groups is 1. The lowest BCUT2D eigenvalue weighted by Crippen LogP contribution is -2.23. The summed E-state index contributed by atoms with van der Waals surface area (Å²) in [6.45, 7) is 6.22. The molecule has 0 spiro atoms. The summed E-state index contributed by atoms with van der Waals surface area (Å²) in [6, 6.07) is 7.69. The molecule has 0 saturated carbocycles. The summed E-state index contributed by atoms with van der Waals surface area (Å²) in [5.41, 5.74) is 1.05. The quantitative estimate of drug-likeness (QED) is 0.745. The van der Waals surface area contributed by atoms with Crippen molar-refractivity contribution in [2.45, 2.75) is 39.9 Å². The van der Waals surface area contributed by atoms with Crippen LogP contribution in [-0.2, 0) is 16.1 Å². The molecule has 0 saturated heterocycles. The summed E-state index contributed by atoms with van der Waals surface area (Å²) in [4.78, 5) is 11.5. The Labute approximate surface area is 109 Å². The molecule has 3 heteroatoms. The molecule has 100 valence electrons. The Morgan fingerprint density at radius 2 is 1.83 bits per heavy atom. The van der Waals surface area contributed by atoms with E-state index in [2.05, 4.69) is 13.8 Å². The number of hydrogen-bond donors (Lipinski definition) is 0. The van der Waals surface area contributed by atoms with Crippen LogP contribution in [0.4, 0.5) is 0 Å². The molecular weight excluding hydrogens is 228 g/mol. The highest BCUT2D eigenvalue weighted by atomic mass is 16.5. The van der Waals surface area contributed by atoms with Crippen LogP contribution in [0.2, 0.25) is 0 Å². The van der Waals surface area contributed by atoms with Gasteiger partial charge in [-0.2, -0.15) is 0 Å². The van der Waals surface area contributed by atoms with Gasteiger partial charge in [-0.25, -0.2) is 0 Å². The van der Waals surface area contributed by atoms with Gasteiger partial charge < -0.3 is 9.47 Å². The molecule has 0 unspecified atom stereocenters. The van der Waals surface area contributed by atoms with Gasteiger partial charge in [-0.15, -0.1) is 0 Å². The smallest absolute Gasteiger partial charge is 0.158 e. The van der Waals surface area contributed by atoms with Gasteiger partial charge in [0.05, 0.1) is 13.7 Å². The Balaban J connectivity index is 2.52. The van der Waals surface area contributed by atoms with Crippen molar-refractivity contribution < 1.29 is 14.3 Å². The number of ketones is 1. The highest BCUT2D eigenvalue weighted by Gasteiger charge is 2.16. The van der Waals surface area contributed by atoms with E-state index in [9.17, 15) is 4.79 Å². The van der Waals surface area contributed by atoms with E-state index in [1.807, 2.05) is 24.3 Å². The van der Waals surface area contributed by atoms with Gasteiger partial charge in [0.15, 0.2) is 5.78 Å². The summed E-state index contributed by atoms with van der Waals surface area (Å²) in [5.74, 6) is 1.37. The van der Waals surface area contributed by atoms with E-state index >= 15 is 0 Å². The molecule has 0 amide bonds. The molecule has 1 aromatic carbocycles. The van der Waals surface area contributed by atoms with Crippen molar-refractivity contribution >= 4 is 5.78 Å². The summed E-state index contributed by atoms with van der Waals surface area (Å²) < 4.78 is 10.8. The average molecular weight is 250 g/mol. The third kappa shape index (κ3) is 4.88. The number of hydrogen-bond acceptors (Lipinski definition) is 3. The molecule has 0 aromatic heterocycles. The molecule has 1 aromatic rings. The molecule has 18 heavy (non-hydrogen) atoms. The standard InChI is InChI=1S/C15H22O3/c1-11(2)9-15(12(3)16)18-10-13-5-7-14(17-4)8-6-13/h5-8,11,15H,9-10H2,1-4H3/t15-/m0/s1. The third-order valence-corrected chi connectivity index (χ3v) is 2.75. The number of carbonyl (C=O) groups excluding carboxylic acids is 1. The van der Waals surface area contributed by atoms with Crippen LogP contribution >= 0.6 is 0 Å². The van der Waals surface area contributed by atoms with Crippen LogP contribution in [0, 0.1) is 5.92 Å². The van der Waals surface area contributed by atoms with E-state index in [1.54, 1.807) is 14.0 Å². The van der Waals surface area contributed by atoms with Crippen molar-refractivity contribution in [3.8, 4) is 5.75 Å². The first-order chi connectivity index (χ1) is 8.52. The largest absolute Gasteiger partial charge is 0.497 e. The second-order valence-corrected chi connectivity index (χ2v) is 4.89. The predicted octanol–water partition coefficient (Wildman–Crippen LogP) is 3.22. The number of rotatable bonds is 7. The first kappa shape index (κ1) is 14.7. The van der Waals surface area contributed by atoms with Gasteiger partial charge >= 0.3 is 0 Å². The lowest BCUT2D eigenvalue weighted by molar-refractivity contribution is -0.130. The minimum Gasteiger partial charge on any atom is -0.497 e. The van der Waals surface area contributed by atoms with Gasteiger partial charge in [0.1, 0.15) is 11.9 Å². The highest BCUT2D eigenvalue weighted by Crippen LogP contribution is 2.15. The number of methoxy groups -OCH3 is 1. The average Bonchev–Trinajstić information content (AvgIpc) is 2.34. The lowest BCUT2D eigenvalue weighted by Gasteiger charge is -2.17. The van der Waals surface area contributed by atoms with E-state index in [-0.39, 0.29) is 11.9 Å². The maximum absolute atomic E-state index is 11.5. The normalized spacial score (nSPS) is 12.5. The second kappa shape index (κ2) is 7.17. The van der Waals surface area contributed by atoms with Crippen LogP contribution in [-0.4, -0.2) is 19.0 Å². The van der Waals surface area contributed by atoms with Gasteiger partial charge in [0, 0.05) is 0 Å². The minimum absolute atomic E-state index is 0.0946. The predicted molar refractivity (Wildman–Crippen MR) is 71.7 cm³/mol. The zero-order chi connectivity index (χ0) is 13.5. The van der Waals surface area contributed by atoms with Gasteiger partial charge in [-0.3, -0.25) is 4.79 Å². The summed E-state index contributed by atoms with van der Waals surface area (Å²) in [5, 5.41) is 0. The maximum Gasteiger partial charge on any atom is 0.158 e. The van der Waals surface area contributed by atoms with Crippen molar-refractivity contribution in [1.29, 1.82) is 0 Å². The summed E-state index contributed by atoms with van der Waals surface area (Å²) >= 11 is 0. The minimum atomic E-state index is -0.299. The molecule has 0 bridgehead atoms. The molecule has 0 aliphatic heterocycles. The maximum atomic E-state index is 11.5. The van der Waals surface area contributed by atoms with E-state index in [0.717, 1.165) is 17.7 Å². The van der Waals surface area contributed by atoms with Crippen molar-refractivity contribution in [3.63, 3.8) is 0 Å². The number of benzene rings is 1. The van der Waals surface area contributed by atoms with Crippen LogP contribution in [0.25, 0.3) is 0 Å². The van der Waals surface area contributed by atoms with Crippen LogP contribution in [0.5, 0.6) is 5.75 Å². The van der Waals surface area contributed by atoms with Gasteiger partial charge in [0.2, 0.25) is 0 Å². The van der Waals surface area contributed by atoms with Crippen molar-refractivity contribution in [3.05, 3.63) is 29.8 Å². The Morgan fingerprint density at radius 3 is 2.28 bits per heavy atom. The van der Waals surface area contributed by atoms with Gasteiger partial charge in [-0.1, -0.05) is 26.0 Å². The summed E-state index contributed by atoms with van der Waals surface area (Å²) in [6.07, 6.45) is 0.470. The van der Waals surface area contributed by atoms with Crippen molar-refractivity contribution in [1.82, 2.24) is 0 Å². The Morgan fingerprint density at radius 1 is 1.22 bits per heavy atom. The SMILES string of the molecule is COc1ccc(CO[C@@H](CC(C)C)C(C)=O)cc1. The van der Waals surface area contributed by atoms with E-state index in [0.29, 0.717) is 12.5 Å². The van der Waals surface area contributed by atoms with Gasteiger partial charge in [-0.05, 0) is 37.0 Å². The third-order valence-electron chi connectivity index (χ3n) is 2.75. The molecule has 1 atom stereocenters. The molecule has 0 aliphatic rings. The molecule has 0 fully saturated rings. The number of Topliss-reactive ketones (excluding diaryl/α,β-unsaturated/α-hetero) is 1. The molecule has 0 N–H and O–H groups in total. The first-order valence-corrected chi connectivity index (χ1v) is 6.28. The summed E-state index contributed by atoms with van der Waals surface area (Å²) in [7, 11) is 1.64. The fraction of sp³-hybridized carbons (Fsp3) is 0.533. The zero-order valence-electron chi connectivity index (χ0n) is 11.6. The number of ether oxygens (including phenoxy) is 2. The Kier molecular flexibility index (Phi) is 5.86. The van der Waals surface area contributed by atoms with Crippen LogP contribution in [0.15, 0.2) is 24.3 Å². The van der Waals surface area contributed by atoms with Crippen molar-refractivity contribution in [2.75, 3.05) is 7.11 Å². The molecule has 0 radical (unpaired) electrons. The van der Waals surface area contributed by atoms with E-state index in [1.165, 1.54) is 0 Å². The molecular formula is C15H22O3. The van der Waals surface area contributed by atoms with Crippen LogP contribution < -0.4 is 4.74 Å². The van der Waals surface area contributed by atoms with E-state index < -0.39 is 0 Å². The van der Waals surface area contributed by atoms with E-state index in [4.69, 9.17) is 9.47 Å². The molecule has 3 nitrogen and oxygen atoms in total. The monoisotopic (exact) mass is 250 g/mol. The lowest BCUT2D eigenvalue weighted by atomic mass is 10.0. The topological polar surface area (TPSA) is 35.5 Å². The Bertz CT molecular complexity index is 368. The molecule has 0 heterocycles.